The molecule has 13 nitrogen and oxygen atoms in total. The Bertz CT molecular complexity index is 761. The van der Waals surface area contributed by atoms with E-state index in [9.17, 15) is 25.0 Å². The molecule has 0 aliphatic heterocycles. The molecule has 0 N–H and O–H groups in total. The third kappa shape index (κ3) is 4.31. The molecule has 0 aliphatic carbocycles. The first-order valence-corrected chi connectivity index (χ1v) is 7.44. The maximum Gasteiger partial charge on any atom is 0.508 e. The quantitative estimate of drug-likeness (QED) is 0.381. The molecule has 2 rings (SSSR count). The summed E-state index contributed by atoms with van der Waals surface area (Å²) in [5, 5.41) is 21.7. The van der Waals surface area contributed by atoms with Crippen molar-refractivity contribution < 1.29 is 24.1 Å². The van der Waals surface area contributed by atoms with Crippen LogP contribution in [0, 0.1) is 34.1 Å². The lowest BCUT2D eigenvalue weighted by molar-refractivity contribution is -0.392. The highest BCUT2D eigenvalue weighted by atomic mass is 16.7. The zero-order chi connectivity index (χ0) is 19.3. The minimum atomic E-state index is -0.981. The van der Waals surface area contributed by atoms with Crippen molar-refractivity contribution in [3.05, 3.63) is 44.3 Å². The second-order valence-corrected chi connectivity index (χ2v) is 5.09. The number of carbonyl (C=O) groups excluding carboxylic acids is 1. The van der Waals surface area contributed by atoms with Crippen molar-refractivity contribution in [3.8, 4) is 0 Å². The summed E-state index contributed by atoms with van der Waals surface area (Å²) in [6.45, 7) is 2.96. The fourth-order valence-electron chi connectivity index (χ4n) is 2.24. The van der Waals surface area contributed by atoms with Crippen LogP contribution in [0.5, 0.6) is 0 Å². The van der Waals surface area contributed by atoms with Crippen LogP contribution in [-0.2, 0) is 22.6 Å². The van der Waals surface area contributed by atoms with Gasteiger partial charge in [-0.05, 0) is 9.85 Å². The summed E-state index contributed by atoms with van der Waals surface area (Å²) >= 11 is 0. The molecular formula is C13H16N6O7. The molecule has 2 aromatic rings. The normalized spacial score (nSPS) is 10.5. The fourth-order valence-corrected chi connectivity index (χ4v) is 2.24. The third-order valence-corrected chi connectivity index (χ3v) is 3.51. The van der Waals surface area contributed by atoms with Crippen LogP contribution in [0.25, 0.3) is 0 Å². The standard InChI is InChI=1S/C13H16N6O7/c1-9-14-7-11(18(21)22)16(9)3-5-25-13(20)26-6-4-17-10(2)15-8-12(17)19(23)24/h7-8H,3-6H2,1-2H3. The summed E-state index contributed by atoms with van der Waals surface area (Å²) in [4.78, 5) is 39.7. The summed E-state index contributed by atoms with van der Waals surface area (Å²) in [5.74, 6) is 0.415. The van der Waals surface area contributed by atoms with Crippen molar-refractivity contribution in [2.45, 2.75) is 26.9 Å². The molecule has 0 atom stereocenters. The molecule has 0 aliphatic rings. The first-order chi connectivity index (χ1) is 12.3. The van der Waals surface area contributed by atoms with Gasteiger partial charge in [0.2, 0.25) is 0 Å². The lowest BCUT2D eigenvalue weighted by Crippen LogP contribution is -2.17. The van der Waals surface area contributed by atoms with Crippen LogP contribution < -0.4 is 0 Å². The summed E-state index contributed by atoms with van der Waals surface area (Å²) in [5.41, 5.74) is 0. The molecule has 0 fully saturated rings. The maximum absolute atomic E-state index is 11.5. The monoisotopic (exact) mass is 368 g/mol. The first kappa shape index (κ1) is 18.8. The van der Waals surface area contributed by atoms with E-state index in [1.54, 1.807) is 13.8 Å². The molecule has 13 heteroatoms. The molecular weight excluding hydrogens is 352 g/mol. The topological polar surface area (TPSA) is 157 Å². The fraction of sp³-hybridized carbons (Fsp3) is 0.462. The van der Waals surface area contributed by atoms with E-state index in [1.165, 1.54) is 9.13 Å². The molecule has 2 heterocycles. The lowest BCUT2D eigenvalue weighted by atomic mass is 10.6. The Morgan fingerprint density at radius 1 is 0.962 bits per heavy atom. The van der Waals surface area contributed by atoms with Gasteiger partial charge < -0.3 is 29.7 Å². The van der Waals surface area contributed by atoms with Crippen molar-refractivity contribution in [3.63, 3.8) is 0 Å². The number of aromatic nitrogens is 4. The van der Waals surface area contributed by atoms with Crippen LogP contribution in [0.1, 0.15) is 11.6 Å². The minimum absolute atomic E-state index is 0.0450. The Balaban J connectivity index is 1.78. The average Bonchev–Trinajstić information content (AvgIpc) is 3.11. The zero-order valence-electron chi connectivity index (χ0n) is 14.0. The van der Waals surface area contributed by atoms with Gasteiger partial charge in [0.15, 0.2) is 11.6 Å². The second kappa shape index (κ2) is 8.04. The Labute approximate surface area is 146 Å². The predicted molar refractivity (Wildman–Crippen MR) is 84.5 cm³/mol. The second-order valence-electron chi connectivity index (χ2n) is 5.09. The highest BCUT2D eigenvalue weighted by Gasteiger charge is 2.19. The van der Waals surface area contributed by atoms with Gasteiger partial charge in [-0.1, -0.05) is 0 Å². The molecule has 0 spiro atoms. The molecule has 0 bridgehead atoms. The van der Waals surface area contributed by atoms with E-state index in [1.807, 2.05) is 0 Å². The molecule has 0 aromatic carbocycles. The van der Waals surface area contributed by atoms with E-state index in [-0.39, 0.29) is 37.9 Å². The number of nitrogens with zero attached hydrogens (tertiary/aromatic N) is 6. The Hall–Kier alpha value is -3.51. The molecule has 0 unspecified atom stereocenters. The van der Waals surface area contributed by atoms with Crippen LogP contribution in [0.15, 0.2) is 12.4 Å². The average molecular weight is 368 g/mol. The predicted octanol–water partition coefficient (Wildman–Crippen LogP) is 1.37. The number of rotatable bonds is 8. The molecule has 26 heavy (non-hydrogen) atoms. The summed E-state index contributed by atoms with van der Waals surface area (Å²) in [6, 6.07) is 0. The molecule has 0 radical (unpaired) electrons. The Morgan fingerprint density at radius 2 is 1.35 bits per heavy atom. The molecule has 0 saturated heterocycles. The molecule has 0 amide bonds. The van der Waals surface area contributed by atoms with E-state index >= 15 is 0 Å². The van der Waals surface area contributed by atoms with Gasteiger partial charge in [-0.3, -0.25) is 0 Å². The van der Waals surface area contributed by atoms with Gasteiger partial charge in [-0.25, -0.2) is 23.9 Å². The number of nitro groups is 2. The minimum Gasteiger partial charge on any atom is -0.430 e. The van der Waals surface area contributed by atoms with Crippen LogP contribution in [-0.4, -0.2) is 48.3 Å². The van der Waals surface area contributed by atoms with E-state index in [4.69, 9.17) is 9.47 Å². The molecule has 0 saturated carbocycles. The van der Waals surface area contributed by atoms with Gasteiger partial charge in [-0.15, -0.1) is 0 Å². The van der Waals surface area contributed by atoms with Crippen LogP contribution in [0.3, 0.4) is 0 Å². The largest absolute Gasteiger partial charge is 0.508 e. The summed E-state index contributed by atoms with van der Waals surface area (Å²) in [7, 11) is 0. The highest BCUT2D eigenvalue weighted by Crippen LogP contribution is 2.14. The van der Waals surface area contributed by atoms with Gasteiger partial charge in [-0.2, -0.15) is 0 Å². The number of carbonyl (C=O) groups is 1. The SMILES string of the molecule is Cc1ncc([N+](=O)[O-])n1CCOC(=O)OCCn1c([N+](=O)[O-])cnc1C. The van der Waals surface area contributed by atoms with Crippen LogP contribution in [0.2, 0.25) is 0 Å². The maximum atomic E-state index is 11.5. The van der Waals surface area contributed by atoms with E-state index in [0.717, 1.165) is 12.4 Å². The van der Waals surface area contributed by atoms with E-state index in [0.29, 0.717) is 11.6 Å². The van der Waals surface area contributed by atoms with Crippen molar-refractivity contribution >= 4 is 17.8 Å². The molecule has 140 valence electrons. The van der Waals surface area contributed by atoms with Crippen LogP contribution >= 0.6 is 0 Å². The van der Waals surface area contributed by atoms with Crippen molar-refractivity contribution in [2.24, 2.45) is 0 Å². The van der Waals surface area contributed by atoms with Gasteiger partial charge in [0.05, 0.1) is 0 Å². The number of hydrogen-bond donors (Lipinski definition) is 0. The number of ether oxygens (including phenoxy) is 2. The first-order valence-electron chi connectivity index (χ1n) is 7.44. The van der Waals surface area contributed by atoms with Crippen molar-refractivity contribution in [2.75, 3.05) is 13.2 Å². The van der Waals surface area contributed by atoms with Gasteiger partial charge >= 0.3 is 17.8 Å². The number of imidazole rings is 2. The van der Waals surface area contributed by atoms with Gasteiger partial charge in [0.25, 0.3) is 0 Å². The highest BCUT2D eigenvalue weighted by molar-refractivity contribution is 5.59. The smallest absolute Gasteiger partial charge is 0.430 e. The summed E-state index contributed by atoms with van der Waals surface area (Å²) in [6.07, 6.45) is 1.26. The Morgan fingerprint density at radius 3 is 1.69 bits per heavy atom. The van der Waals surface area contributed by atoms with Crippen LogP contribution in [0.4, 0.5) is 16.4 Å². The molecule has 2 aromatic heterocycles. The van der Waals surface area contributed by atoms with Gasteiger partial charge in [0.1, 0.15) is 38.7 Å². The zero-order valence-corrected chi connectivity index (χ0v) is 14.0. The Kier molecular flexibility index (Phi) is 5.82. The third-order valence-electron chi connectivity index (χ3n) is 3.51. The van der Waals surface area contributed by atoms with Gasteiger partial charge in [0, 0.05) is 13.8 Å². The number of aryl methyl sites for hydroxylation is 2. The lowest BCUT2D eigenvalue weighted by Gasteiger charge is -2.07. The van der Waals surface area contributed by atoms with E-state index < -0.39 is 16.0 Å². The van der Waals surface area contributed by atoms with Crippen molar-refractivity contribution in [1.29, 1.82) is 0 Å². The van der Waals surface area contributed by atoms with Crippen molar-refractivity contribution in [1.82, 2.24) is 19.1 Å². The summed E-state index contributed by atoms with van der Waals surface area (Å²) < 4.78 is 12.3. The van der Waals surface area contributed by atoms with E-state index in [2.05, 4.69) is 9.97 Å². The number of hydrogen-bond acceptors (Lipinski definition) is 9.